The van der Waals surface area contributed by atoms with E-state index in [-0.39, 0.29) is 24.0 Å². The van der Waals surface area contributed by atoms with E-state index in [1.165, 1.54) is 18.5 Å². The fourth-order valence-electron chi connectivity index (χ4n) is 2.93. The molecule has 1 aliphatic rings. The Balaban J connectivity index is 0.00000288. The molecule has 134 valence electrons. The summed E-state index contributed by atoms with van der Waals surface area (Å²) in [5.74, 6) is 1.57. The largest absolute Gasteiger partial charge is 0.357 e. The maximum atomic E-state index is 4.71. The van der Waals surface area contributed by atoms with Gasteiger partial charge in [-0.25, -0.2) is 0 Å². The maximum Gasteiger partial charge on any atom is 0.191 e. The Morgan fingerprint density at radius 3 is 2.83 bits per heavy atom. The van der Waals surface area contributed by atoms with E-state index >= 15 is 0 Å². The van der Waals surface area contributed by atoms with Crippen LogP contribution < -0.4 is 10.6 Å². The van der Waals surface area contributed by atoms with E-state index in [1.807, 2.05) is 6.08 Å². The summed E-state index contributed by atoms with van der Waals surface area (Å²) in [4.78, 5) is 7.27. The summed E-state index contributed by atoms with van der Waals surface area (Å²) in [7, 11) is 0. The summed E-state index contributed by atoms with van der Waals surface area (Å²) in [6.45, 7) is 11.9. The first-order valence-electron chi connectivity index (χ1n) is 8.71. The zero-order valence-corrected chi connectivity index (χ0v) is 17.0. The van der Waals surface area contributed by atoms with Gasteiger partial charge in [0.2, 0.25) is 0 Å². The smallest absolute Gasteiger partial charge is 0.191 e. The molecule has 1 atom stereocenters. The van der Waals surface area contributed by atoms with Crippen molar-refractivity contribution in [2.45, 2.75) is 19.8 Å². The Morgan fingerprint density at radius 1 is 1.33 bits per heavy atom. The second-order valence-electron chi connectivity index (χ2n) is 6.08. The number of aliphatic imine (C=N–C) groups is 1. The number of guanidine groups is 1. The zero-order chi connectivity index (χ0) is 16.3. The monoisotopic (exact) mass is 442 g/mol. The SMILES string of the molecule is C=CCNC(=NCC1CCN(CCc2ccccc2)C1)NCC.I. The Morgan fingerprint density at radius 2 is 2.12 bits per heavy atom. The van der Waals surface area contributed by atoms with Gasteiger partial charge in [0.15, 0.2) is 5.96 Å². The molecule has 0 bridgehead atoms. The number of nitrogens with one attached hydrogen (secondary N) is 2. The summed E-state index contributed by atoms with van der Waals surface area (Å²) < 4.78 is 0. The van der Waals surface area contributed by atoms with E-state index in [9.17, 15) is 0 Å². The molecule has 1 heterocycles. The van der Waals surface area contributed by atoms with Crippen molar-refractivity contribution >= 4 is 29.9 Å². The van der Waals surface area contributed by atoms with Crippen LogP contribution in [0.4, 0.5) is 0 Å². The van der Waals surface area contributed by atoms with Crippen molar-refractivity contribution < 1.29 is 0 Å². The highest BCUT2D eigenvalue weighted by molar-refractivity contribution is 14.0. The van der Waals surface area contributed by atoms with Crippen molar-refractivity contribution in [3.8, 4) is 0 Å². The summed E-state index contributed by atoms with van der Waals surface area (Å²) in [5.41, 5.74) is 1.43. The number of nitrogens with zero attached hydrogens (tertiary/aromatic N) is 2. The molecule has 0 aliphatic carbocycles. The molecule has 1 aromatic rings. The van der Waals surface area contributed by atoms with Crippen LogP contribution in [0.3, 0.4) is 0 Å². The lowest BCUT2D eigenvalue weighted by atomic mass is 10.1. The molecule has 2 rings (SSSR count). The van der Waals surface area contributed by atoms with Gasteiger partial charge in [-0.2, -0.15) is 0 Å². The standard InChI is InChI=1S/C19H30N4.HI/c1-3-12-21-19(20-4-2)22-15-18-11-14-23(16-18)13-10-17-8-6-5-7-9-17;/h3,5-9,18H,1,4,10-16H2,2H3,(H2,20,21,22);1H. The van der Waals surface area contributed by atoms with Crippen LogP contribution in [0.1, 0.15) is 18.9 Å². The van der Waals surface area contributed by atoms with Crippen LogP contribution in [-0.2, 0) is 6.42 Å². The molecule has 0 amide bonds. The fourth-order valence-corrected chi connectivity index (χ4v) is 2.93. The molecular weight excluding hydrogens is 411 g/mol. The predicted octanol–water partition coefficient (Wildman–Crippen LogP) is 2.91. The van der Waals surface area contributed by atoms with Crippen LogP contribution in [0.5, 0.6) is 0 Å². The van der Waals surface area contributed by atoms with Gasteiger partial charge in [-0.1, -0.05) is 36.4 Å². The van der Waals surface area contributed by atoms with Gasteiger partial charge in [0, 0.05) is 32.7 Å². The molecule has 0 saturated carbocycles. The van der Waals surface area contributed by atoms with Crippen molar-refractivity contribution in [3.05, 3.63) is 48.6 Å². The van der Waals surface area contributed by atoms with Gasteiger partial charge in [0.1, 0.15) is 0 Å². The van der Waals surface area contributed by atoms with Crippen LogP contribution in [0.2, 0.25) is 0 Å². The van der Waals surface area contributed by atoms with E-state index in [0.717, 1.165) is 45.1 Å². The lowest BCUT2D eigenvalue weighted by Crippen LogP contribution is -2.37. The topological polar surface area (TPSA) is 39.7 Å². The van der Waals surface area contributed by atoms with Crippen molar-refractivity contribution in [2.75, 3.05) is 39.3 Å². The van der Waals surface area contributed by atoms with Crippen LogP contribution >= 0.6 is 24.0 Å². The second-order valence-corrected chi connectivity index (χ2v) is 6.08. The molecule has 0 spiro atoms. The van der Waals surface area contributed by atoms with E-state index < -0.39 is 0 Å². The molecule has 1 saturated heterocycles. The molecule has 1 aliphatic heterocycles. The van der Waals surface area contributed by atoms with Crippen LogP contribution in [0.25, 0.3) is 0 Å². The Hall–Kier alpha value is -1.08. The lowest BCUT2D eigenvalue weighted by molar-refractivity contribution is 0.329. The number of halogens is 1. The third-order valence-corrected chi connectivity index (χ3v) is 4.20. The van der Waals surface area contributed by atoms with Crippen molar-refractivity contribution in [2.24, 2.45) is 10.9 Å². The van der Waals surface area contributed by atoms with Gasteiger partial charge >= 0.3 is 0 Å². The molecule has 1 aromatic carbocycles. The highest BCUT2D eigenvalue weighted by atomic mass is 127. The van der Waals surface area contributed by atoms with Crippen molar-refractivity contribution in [1.29, 1.82) is 0 Å². The number of rotatable bonds is 8. The molecule has 5 heteroatoms. The van der Waals surface area contributed by atoms with E-state index in [2.05, 4.69) is 59.4 Å². The molecule has 1 fully saturated rings. The summed E-state index contributed by atoms with van der Waals surface area (Å²) >= 11 is 0. The average Bonchev–Trinajstić information content (AvgIpc) is 3.04. The summed E-state index contributed by atoms with van der Waals surface area (Å²) in [5, 5.41) is 6.54. The van der Waals surface area contributed by atoms with Gasteiger partial charge in [-0.3, -0.25) is 4.99 Å². The minimum Gasteiger partial charge on any atom is -0.357 e. The fraction of sp³-hybridized carbons (Fsp3) is 0.526. The first kappa shape index (κ1) is 21.0. The zero-order valence-electron chi connectivity index (χ0n) is 14.7. The van der Waals surface area contributed by atoms with E-state index in [4.69, 9.17) is 4.99 Å². The summed E-state index contributed by atoms with van der Waals surface area (Å²) in [6.07, 6.45) is 4.24. The molecule has 0 aromatic heterocycles. The van der Waals surface area contributed by atoms with Crippen LogP contribution in [0.15, 0.2) is 48.0 Å². The Kier molecular flexibility index (Phi) is 10.7. The van der Waals surface area contributed by atoms with Gasteiger partial charge in [-0.15, -0.1) is 30.6 Å². The molecule has 4 nitrogen and oxygen atoms in total. The number of hydrogen-bond acceptors (Lipinski definition) is 2. The van der Waals surface area contributed by atoms with Crippen LogP contribution in [0, 0.1) is 5.92 Å². The molecule has 24 heavy (non-hydrogen) atoms. The number of likely N-dealkylation sites (tertiary alicyclic amines) is 1. The first-order chi connectivity index (χ1) is 11.3. The average molecular weight is 442 g/mol. The highest BCUT2D eigenvalue weighted by Gasteiger charge is 2.21. The van der Waals surface area contributed by atoms with E-state index in [0.29, 0.717) is 5.92 Å². The second kappa shape index (κ2) is 12.3. The quantitative estimate of drug-likeness (QED) is 0.282. The Labute approximate surface area is 163 Å². The van der Waals surface area contributed by atoms with Gasteiger partial charge in [-0.05, 0) is 37.8 Å². The normalized spacial score (nSPS) is 18.0. The van der Waals surface area contributed by atoms with Gasteiger partial charge < -0.3 is 15.5 Å². The maximum absolute atomic E-state index is 4.71. The molecular formula is C19H31IN4. The van der Waals surface area contributed by atoms with Crippen LogP contribution in [-0.4, -0.2) is 50.1 Å². The summed E-state index contributed by atoms with van der Waals surface area (Å²) in [6, 6.07) is 10.7. The van der Waals surface area contributed by atoms with Gasteiger partial charge in [0.25, 0.3) is 0 Å². The number of hydrogen-bond donors (Lipinski definition) is 2. The third-order valence-electron chi connectivity index (χ3n) is 4.20. The lowest BCUT2D eigenvalue weighted by Gasteiger charge is -2.16. The van der Waals surface area contributed by atoms with Crippen molar-refractivity contribution in [3.63, 3.8) is 0 Å². The van der Waals surface area contributed by atoms with Gasteiger partial charge in [0.05, 0.1) is 0 Å². The Bertz CT molecular complexity index is 489. The third kappa shape index (κ3) is 7.66. The van der Waals surface area contributed by atoms with E-state index in [1.54, 1.807) is 0 Å². The molecule has 0 radical (unpaired) electrons. The molecule has 2 N–H and O–H groups in total. The van der Waals surface area contributed by atoms with Crippen molar-refractivity contribution in [1.82, 2.24) is 15.5 Å². The minimum absolute atomic E-state index is 0. The first-order valence-corrected chi connectivity index (χ1v) is 8.71. The number of benzene rings is 1. The minimum atomic E-state index is 0. The predicted molar refractivity (Wildman–Crippen MR) is 114 cm³/mol. The highest BCUT2D eigenvalue weighted by Crippen LogP contribution is 2.17. The molecule has 1 unspecified atom stereocenters.